The topological polar surface area (TPSA) is 317 Å². The zero-order valence-electron chi connectivity index (χ0n) is 26.2. The third-order valence-electron chi connectivity index (χ3n) is 6.89. The molecule has 0 heterocycles. The van der Waals surface area contributed by atoms with Crippen LogP contribution >= 0.6 is 23.5 Å². The summed E-state index contributed by atoms with van der Waals surface area (Å²) in [4.78, 5) is 81.8. The van der Waals surface area contributed by atoms with Crippen LogP contribution in [0, 0.1) is 0 Å². The zero-order valence-corrected chi connectivity index (χ0v) is 28.8. The maximum absolute atomic E-state index is 12.7. The fourth-order valence-electron chi connectivity index (χ4n) is 4.56. The summed E-state index contributed by atoms with van der Waals surface area (Å²) in [6, 6.07) is 0. The van der Waals surface area contributed by atoms with Crippen molar-refractivity contribution in [3.63, 3.8) is 0 Å². The SMILES string of the molecule is CCCCCCCC(=O)OC[C@H](COP(=O)([O-])OC1[C@H](O)[C@H](OP(=O)([O-])[O-])C(O)[C@H](OP(=O)([O-])[O-])[C@H]1O)OC(=O)CCCCCCC. The van der Waals surface area contributed by atoms with Gasteiger partial charge in [-0.15, -0.1) is 0 Å². The fourth-order valence-corrected chi connectivity index (χ4v) is 6.61. The van der Waals surface area contributed by atoms with Crippen LogP contribution in [-0.4, -0.2) is 83.2 Å². The van der Waals surface area contributed by atoms with Crippen molar-refractivity contribution in [2.45, 2.75) is 134 Å². The third kappa shape index (κ3) is 18.6. The average Bonchev–Trinajstić information content (AvgIpc) is 2.96. The first-order valence-electron chi connectivity index (χ1n) is 15.2. The van der Waals surface area contributed by atoms with Crippen molar-refractivity contribution in [3.8, 4) is 0 Å². The Morgan fingerprint density at radius 2 is 1.02 bits per heavy atom. The van der Waals surface area contributed by atoms with Crippen LogP contribution in [0.1, 0.15) is 90.9 Å². The summed E-state index contributed by atoms with van der Waals surface area (Å²) in [5.41, 5.74) is 0. The molecule has 278 valence electrons. The summed E-state index contributed by atoms with van der Waals surface area (Å²) in [5.74, 6) is -1.42. The quantitative estimate of drug-likeness (QED) is 0.0579. The Balaban J connectivity index is 3.01. The number of rotatable bonds is 24. The van der Waals surface area contributed by atoms with Crippen LogP contribution in [-0.2, 0) is 50.9 Å². The van der Waals surface area contributed by atoms with E-state index in [1.165, 1.54) is 0 Å². The highest BCUT2D eigenvalue weighted by molar-refractivity contribution is 7.46. The van der Waals surface area contributed by atoms with E-state index < -0.39 is 91.3 Å². The molecule has 19 nitrogen and oxygen atoms in total. The number of phosphoric ester groups is 3. The van der Waals surface area contributed by atoms with Gasteiger partial charge in [0, 0.05) is 12.8 Å². The van der Waals surface area contributed by atoms with Crippen LogP contribution in [0.4, 0.5) is 0 Å². The summed E-state index contributed by atoms with van der Waals surface area (Å²) < 4.78 is 62.5. The van der Waals surface area contributed by atoms with Crippen molar-refractivity contribution >= 4 is 35.4 Å². The standard InChI is InChI=1S/C25H49O19P3/c1-3-5-7-9-11-13-18(26)39-15-17(41-19(27)14-12-10-8-6-4-2)16-40-47(37,38)44-25-21(29)23(42-45(31,32)33)20(28)24(22(25)30)43-46(34,35)36/h17,20-25,28-30H,3-16H2,1-2H3,(H,37,38)(H2,31,32,33)(H2,34,35,36)/p-5/t17-,20?,21-,22-,23-,24+,25?/m1/s1. The van der Waals surface area contributed by atoms with Gasteiger partial charge in [0.15, 0.2) is 6.10 Å². The second-order valence-electron chi connectivity index (χ2n) is 10.9. The number of carbonyl (C=O) groups excluding carboxylic acids is 2. The predicted octanol–water partition coefficient (Wildman–Crippen LogP) is -1.44. The Hall–Kier alpha value is -0.850. The molecule has 47 heavy (non-hydrogen) atoms. The molecule has 22 heteroatoms. The van der Waals surface area contributed by atoms with E-state index in [0.29, 0.717) is 12.8 Å². The third-order valence-corrected chi connectivity index (χ3v) is 8.86. The molecule has 1 aliphatic carbocycles. The number of ether oxygens (including phenoxy) is 2. The second-order valence-corrected chi connectivity index (χ2v) is 14.5. The van der Waals surface area contributed by atoms with Gasteiger partial charge in [0.2, 0.25) is 0 Å². The molecular weight excluding hydrogens is 697 g/mol. The van der Waals surface area contributed by atoms with Gasteiger partial charge in [-0.3, -0.25) is 14.2 Å². The summed E-state index contributed by atoms with van der Waals surface area (Å²) >= 11 is 0. The molecule has 0 spiro atoms. The molecule has 8 atom stereocenters. The molecule has 0 aliphatic heterocycles. The van der Waals surface area contributed by atoms with Crippen LogP contribution in [0.2, 0.25) is 0 Å². The van der Waals surface area contributed by atoms with Crippen LogP contribution in [0.5, 0.6) is 0 Å². The summed E-state index contributed by atoms with van der Waals surface area (Å²) in [5, 5.41) is 31.0. The van der Waals surface area contributed by atoms with Gasteiger partial charge in [-0.05, 0) is 12.8 Å². The lowest BCUT2D eigenvalue weighted by molar-refractivity contribution is -0.360. The largest absolute Gasteiger partial charge is 0.790 e. The zero-order chi connectivity index (χ0) is 35.8. The average molecular weight is 742 g/mol. The number of esters is 2. The molecule has 3 N–H and O–H groups in total. The molecule has 0 radical (unpaired) electrons. The Bertz CT molecular complexity index is 1040. The highest BCUT2D eigenvalue weighted by Crippen LogP contribution is 2.46. The van der Waals surface area contributed by atoms with Crippen molar-refractivity contribution in [3.05, 3.63) is 0 Å². The number of aliphatic hydroxyl groups is 3. The first-order chi connectivity index (χ1) is 21.8. The van der Waals surface area contributed by atoms with Gasteiger partial charge in [-0.2, -0.15) is 0 Å². The highest BCUT2D eigenvalue weighted by atomic mass is 31.2. The van der Waals surface area contributed by atoms with E-state index in [2.05, 4.69) is 13.6 Å². The molecule has 3 unspecified atom stereocenters. The lowest BCUT2D eigenvalue weighted by atomic mass is 9.85. The summed E-state index contributed by atoms with van der Waals surface area (Å²) in [7, 11) is -17.9. The molecule has 0 bridgehead atoms. The molecule has 1 fully saturated rings. The molecular formula is C25H44O19P3-5. The molecule has 0 saturated heterocycles. The van der Waals surface area contributed by atoms with Crippen molar-refractivity contribution in [2.24, 2.45) is 0 Å². The Kier molecular flexibility index (Phi) is 20.1. The first kappa shape index (κ1) is 44.2. The van der Waals surface area contributed by atoms with Gasteiger partial charge in [0.25, 0.3) is 7.82 Å². The predicted molar refractivity (Wildman–Crippen MR) is 149 cm³/mol. The van der Waals surface area contributed by atoms with Crippen LogP contribution < -0.4 is 24.5 Å². The molecule has 1 aliphatic rings. The Labute approximate surface area is 272 Å². The van der Waals surface area contributed by atoms with Gasteiger partial charge in [-0.1, -0.05) is 65.2 Å². The maximum atomic E-state index is 12.7. The van der Waals surface area contributed by atoms with Crippen molar-refractivity contribution in [1.29, 1.82) is 0 Å². The molecule has 1 saturated carbocycles. The van der Waals surface area contributed by atoms with Crippen molar-refractivity contribution in [2.75, 3.05) is 13.2 Å². The highest BCUT2D eigenvalue weighted by Gasteiger charge is 2.53. The monoisotopic (exact) mass is 741 g/mol. The van der Waals surface area contributed by atoms with E-state index in [9.17, 15) is 63.1 Å². The molecule has 0 amide bonds. The van der Waals surface area contributed by atoms with Gasteiger partial charge < -0.3 is 76.5 Å². The molecule has 0 aromatic carbocycles. The van der Waals surface area contributed by atoms with Gasteiger partial charge in [-0.25, -0.2) is 0 Å². The minimum atomic E-state index is -6.07. The van der Waals surface area contributed by atoms with E-state index in [0.717, 1.165) is 51.4 Å². The lowest BCUT2D eigenvalue weighted by Gasteiger charge is -2.50. The van der Waals surface area contributed by atoms with Gasteiger partial charge in [0.1, 0.15) is 43.2 Å². The van der Waals surface area contributed by atoms with Crippen LogP contribution in [0.25, 0.3) is 0 Å². The maximum Gasteiger partial charge on any atom is 0.306 e. The number of carbonyl (C=O) groups is 2. The first-order valence-corrected chi connectivity index (χ1v) is 19.6. The number of unbranched alkanes of at least 4 members (excludes halogenated alkanes) is 8. The molecule has 0 aromatic heterocycles. The van der Waals surface area contributed by atoms with Crippen LogP contribution in [0.3, 0.4) is 0 Å². The number of aliphatic hydroxyl groups excluding tert-OH is 3. The minimum Gasteiger partial charge on any atom is -0.790 e. The van der Waals surface area contributed by atoms with Crippen molar-refractivity contribution < 1.29 is 90.6 Å². The lowest BCUT2D eigenvalue weighted by Crippen LogP contribution is -2.65. The summed E-state index contributed by atoms with van der Waals surface area (Å²) in [6.07, 6.45) is -9.30. The number of hydrogen-bond donors (Lipinski definition) is 3. The van der Waals surface area contributed by atoms with E-state index in [-0.39, 0.29) is 12.8 Å². The summed E-state index contributed by atoms with van der Waals surface area (Å²) in [6.45, 7) is 2.38. The Morgan fingerprint density at radius 3 is 1.45 bits per heavy atom. The van der Waals surface area contributed by atoms with E-state index >= 15 is 0 Å². The minimum absolute atomic E-state index is 0.0426. The van der Waals surface area contributed by atoms with E-state index in [1.54, 1.807) is 0 Å². The number of hydrogen-bond acceptors (Lipinski definition) is 19. The Morgan fingerprint density at radius 1 is 0.617 bits per heavy atom. The second kappa shape index (κ2) is 21.4. The van der Waals surface area contributed by atoms with Crippen LogP contribution in [0.15, 0.2) is 0 Å². The normalized spacial score (nSPS) is 25.6. The molecule has 1 rings (SSSR count). The van der Waals surface area contributed by atoms with E-state index in [1.807, 2.05) is 13.8 Å². The fraction of sp³-hybridized carbons (Fsp3) is 0.920. The number of phosphoric acid groups is 3. The molecule has 0 aromatic rings. The van der Waals surface area contributed by atoms with E-state index in [4.69, 9.17) is 14.0 Å². The van der Waals surface area contributed by atoms with Gasteiger partial charge >= 0.3 is 11.9 Å². The smallest absolute Gasteiger partial charge is 0.306 e. The van der Waals surface area contributed by atoms with Gasteiger partial charge in [0.05, 0.1) is 22.3 Å². The van der Waals surface area contributed by atoms with Crippen molar-refractivity contribution in [1.82, 2.24) is 0 Å².